The molecule has 1 saturated heterocycles. The molecule has 2 rings (SSSR count). The summed E-state index contributed by atoms with van der Waals surface area (Å²) in [6.07, 6.45) is 0. The Kier molecular flexibility index (Phi) is 4.97. The van der Waals surface area contributed by atoms with E-state index in [1.54, 1.807) is 17.0 Å². The molecular formula is C14H18FN3O3. The van der Waals surface area contributed by atoms with E-state index in [4.69, 9.17) is 0 Å². The van der Waals surface area contributed by atoms with E-state index in [0.717, 1.165) is 5.69 Å². The molecule has 1 aliphatic rings. The highest BCUT2D eigenvalue weighted by molar-refractivity contribution is 5.81. The summed E-state index contributed by atoms with van der Waals surface area (Å²) >= 11 is 0. The van der Waals surface area contributed by atoms with Crippen molar-refractivity contribution in [1.29, 1.82) is 0 Å². The van der Waals surface area contributed by atoms with Crippen molar-refractivity contribution >= 4 is 17.7 Å². The first-order valence-corrected chi connectivity index (χ1v) is 6.70. The van der Waals surface area contributed by atoms with Crippen LogP contribution in [0, 0.1) is 5.82 Å². The Morgan fingerprint density at radius 2 is 1.81 bits per heavy atom. The van der Waals surface area contributed by atoms with Crippen LogP contribution in [-0.4, -0.2) is 56.7 Å². The molecule has 0 saturated carbocycles. The van der Waals surface area contributed by atoms with E-state index in [9.17, 15) is 14.0 Å². The number of carbonyl (C=O) groups excluding carboxylic acids is 2. The number of hydrogen-bond donors (Lipinski definition) is 1. The number of benzene rings is 1. The highest BCUT2D eigenvalue weighted by Crippen LogP contribution is 2.16. The second kappa shape index (κ2) is 6.92. The number of carbonyl (C=O) groups is 2. The van der Waals surface area contributed by atoms with Gasteiger partial charge in [-0.25, -0.2) is 9.18 Å². The predicted octanol–water partition coefficient (Wildman–Crippen LogP) is 0.830. The Morgan fingerprint density at radius 3 is 2.38 bits per heavy atom. The minimum atomic E-state index is -0.478. The van der Waals surface area contributed by atoms with Gasteiger partial charge in [0.15, 0.2) is 0 Å². The predicted molar refractivity (Wildman–Crippen MR) is 75.6 cm³/mol. The number of nitrogens with one attached hydrogen (secondary N) is 1. The Bertz CT molecular complexity index is 499. The van der Waals surface area contributed by atoms with Crippen LogP contribution in [0.5, 0.6) is 0 Å². The molecule has 1 aromatic rings. The third-order valence-corrected chi connectivity index (χ3v) is 3.37. The molecule has 1 N–H and O–H groups in total. The maximum absolute atomic E-state index is 12.9. The zero-order chi connectivity index (χ0) is 15.2. The normalized spacial score (nSPS) is 14.8. The number of halogens is 1. The number of hydrogen-bond acceptors (Lipinski definition) is 4. The first kappa shape index (κ1) is 15.1. The summed E-state index contributed by atoms with van der Waals surface area (Å²) in [7, 11) is 1.27. The number of amides is 2. The lowest BCUT2D eigenvalue weighted by Crippen LogP contribution is -2.52. The molecule has 114 valence electrons. The van der Waals surface area contributed by atoms with Gasteiger partial charge >= 0.3 is 12.0 Å². The number of piperazine rings is 1. The van der Waals surface area contributed by atoms with Gasteiger partial charge in [-0.1, -0.05) is 0 Å². The van der Waals surface area contributed by atoms with E-state index in [2.05, 4.69) is 15.0 Å². The summed E-state index contributed by atoms with van der Waals surface area (Å²) in [6.45, 7) is 2.29. The molecule has 0 aromatic heterocycles. The number of urea groups is 1. The molecule has 1 aromatic carbocycles. The van der Waals surface area contributed by atoms with Crippen LogP contribution < -0.4 is 10.2 Å². The summed E-state index contributed by atoms with van der Waals surface area (Å²) in [6, 6.07) is 6.01. The first-order chi connectivity index (χ1) is 10.1. The molecule has 0 atom stereocenters. The molecule has 1 fully saturated rings. The molecular weight excluding hydrogens is 277 g/mol. The van der Waals surface area contributed by atoms with Crippen LogP contribution in [0.4, 0.5) is 14.9 Å². The molecule has 0 aliphatic carbocycles. The van der Waals surface area contributed by atoms with Gasteiger partial charge < -0.3 is 19.9 Å². The Balaban J connectivity index is 1.81. The Morgan fingerprint density at radius 1 is 1.19 bits per heavy atom. The highest BCUT2D eigenvalue weighted by Gasteiger charge is 2.21. The second-order valence-electron chi connectivity index (χ2n) is 4.69. The van der Waals surface area contributed by atoms with E-state index in [-0.39, 0.29) is 18.4 Å². The van der Waals surface area contributed by atoms with Crippen molar-refractivity contribution in [3.63, 3.8) is 0 Å². The van der Waals surface area contributed by atoms with Gasteiger partial charge in [-0.15, -0.1) is 0 Å². The molecule has 0 bridgehead atoms. The van der Waals surface area contributed by atoms with Crippen molar-refractivity contribution in [3.05, 3.63) is 30.1 Å². The fourth-order valence-electron chi connectivity index (χ4n) is 2.15. The maximum atomic E-state index is 12.9. The molecule has 0 unspecified atom stereocenters. The SMILES string of the molecule is COC(=O)CNC(=O)N1CCN(c2ccc(F)cc2)CC1. The van der Waals surface area contributed by atoms with Gasteiger partial charge in [0, 0.05) is 31.9 Å². The van der Waals surface area contributed by atoms with Gasteiger partial charge in [-0.3, -0.25) is 4.79 Å². The van der Waals surface area contributed by atoms with Gasteiger partial charge in [0.2, 0.25) is 0 Å². The second-order valence-corrected chi connectivity index (χ2v) is 4.69. The summed E-state index contributed by atoms with van der Waals surface area (Å²) < 4.78 is 17.3. The number of nitrogens with zero attached hydrogens (tertiary/aromatic N) is 2. The third kappa shape index (κ3) is 4.08. The van der Waals surface area contributed by atoms with E-state index in [1.807, 2.05) is 0 Å². The Hall–Kier alpha value is -2.31. The van der Waals surface area contributed by atoms with Crippen LogP contribution in [0.15, 0.2) is 24.3 Å². The molecule has 6 nitrogen and oxygen atoms in total. The zero-order valence-corrected chi connectivity index (χ0v) is 11.8. The minimum Gasteiger partial charge on any atom is -0.468 e. The third-order valence-electron chi connectivity index (χ3n) is 3.37. The quantitative estimate of drug-likeness (QED) is 0.839. The lowest BCUT2D eigenvalue weighted by molar-refractivity contribution is -0.139. The van der Waals surface area contributed by atoms with Crippen LogP contribution in [0.3, 0.4) is 0 Å². The number of methoxy groups -OCH3 is 1. The summed E-state index contributed by atoms with van der Waals surface area (Å²) in [4.78, 5) is 26.5. The van der Waals surface area contributed by atoms with Crippen LogP contribution in [0.25, 0.3) is 0 Å². The van der Waals surface area contributed by atoms with Crippen LogP contribution >= 0.6 is 0 Å². The molecule has 2 amide bonds. The first-order valence-electron chi connectivity index (χ1n) is 6.70. The number of anilines is 1. The molecule has 7 heteroatoms. The average molecular weight is 295 g/mol. The fraction of sp³-hybridized carbons (Fsp3) is 0.429. The van der Waals surface area contributed by atoms with Crippen molar-refractivity contribution in [2.24, 2.45) is 0 Å². The van der Waals surface area contributed by atoms with Gasteiger partial charge in [0.05, 0.1) is 7.11 Å². The smallest absolute Gasteiger partial charge is 0.325 e. The fourth-order valence-corrected chi connectivity index (χ4v) is 2.15. The summed E-state index contributed by atoms with van der Waals surface area (Å²) in [5.41, 5.74) is 0.936. The number of ether oxygens (including phenoxy) is 1. The number of rotatable bonds is 3. The van der Waals surface area contributed by atoms with Crippen LogP contribution in [0.1, 0.15) is 0 Å². The molecule has 1 aliphatic heterocycles. The molecule has 0 spiro atoms. The van der Waals surface area contributed by atoms with Crippen molar-refractivity contribution in [1.82, 2.24) is 10.2 Å². The van der Waals surface area contributed by atoms with Crippen LogP contribution in [-0.2, 0) is 9.53 Å². The van der Waals surface area contributed by atoms with Gasteiger partial charge in [-0.05, 0) is 24.3 Å². The topological polar surface area (TPSA) is 61.9 Å². The highest BCUT2D eigenvalue weighted by atomic mass is 19.1. The standard InChI is InChI=1S/C14H18FN3O3/c1-21-13(19)10-16-14(20)18-8-6-17(7-9-18)12-4-2-11(15)3-5-12/h2-5H,6-10H2,1H3,(H,16,20). The van der Waals surface area contributed by atoms with Gasteiger partial charge in [0.25, 0.3) is 0 Å². The van der Waals surface area contributed by atoms with E-state index < -0.39 is 5.97 Å². The Labute approximate surface area is 122 Å². The van der Waals surface area contributed by atoms with Crippen molar-refractivity contribution < 1.29 is 18.7 Å². The monoisotopic (exact) mass is 295 g/mol. The molecule has 0 radical (unpaired) electrons. The van der Waals surface area contributed by atoms with Crippen molar-refractivity contribution in [2.45, 2.75) is 0 Å². The summed E-state index contributed by atoms with van der Waals surface area (Å²) in [5.74, 6) is -0.743. The van der Waals surface area contributed by atoms with E-state index in [1.165, 1.54) is 19.2 Å². The molecule has 21 heavy (non-hydrogen) atoms. The van der Waals surface area contributed by atoms with E-state index in [0.29, 0.717) is 26.2 Å². The van der Waals surface area contributed by atoms with Crippen molar-refractivity contribution in [3.8, 4) is 0 Å². The minimum absolute atomic E-state index is 0.131. The van der Waals surface area contributed by atoms with Gasteiger partial charge in [-0.2, -0.15) is 0 Å². The lowest BCUT2D eigenvalue weighted by Gasteiger charge is -2.36. The van der Waals surface area contributed by atoms with Crippen LogP contribution in [0.2, 0.25) is 0 Å². The van der Waals surface area contributed by atoms with Crippen molar-refractivity contribution in [2.75, 3.05) is 44.7 Å². The zero-order valence-electron chi connectivity index (χ0n) is 11.8. The molecule has 1 heterocycles. The maximum Gasteiger partial charge on any atom is 0.325 e. The van der Waals surface area contributed by atoms with E-state index >= 15 is 0 Å². The largest absolute Gasteiger partial charge is 0.468 e. The van der Waals surface area contributed by atoms with Gasteiger partial charge in [0.1, 0.15) is 12.4 Å². The number of esters is 1. The average Bonchev–Trinajstić information content (AvgIpc) is 2.53. The summed E-state index contributed by atoms with van der Waals surface area (Å²) in [5, 5.41) is 2.51. The lowest BCUT2D eigenvalue weighted by atomic mass is 10.2.